The van der Waals surface area contributed by atoms with Crippen molar-refractivity contribution in [1.82, 2.24) is 9.97 Å². The van der Waals surface area contributed by atoms with Gasteiger partial charge in [0.05, 0.1) is 17.8 Å². The quantitative estimate of drug-likeness (QED) is 0.684. The van der Waals surface area contributed by atoms with E-state index in [9.17, 15) is 10.1 Å². The number of nitriles is 1. The Labute approximate surface area is 149 Å². The van der Waals surface area contributed by atoms with Gasteiger partial charge in [-0.1, -0.05) is 45.1 Å². The Balaban J connectivity index is 1.92. The molecule has 0 spiro atoms. The first-order chi connectivity index (χ1) is 12.2. The molecule has 0 saturated carbocycles. The molecule has 5 nitrogen and oxygen atoms in total. The summed E-state index contributed by atoms with van der Waals surface area (Å²) < 4.78 is 0. The van der Waals surface area contributed by atoms with Crippen LogP contribution in [0.1, 0.15) is 67.1 Å². The molecule has 0 unspecified atom stereocenters. The van der Waals surface area contributed by atoms with Crippen LogP contribution in [0.4, 0.5) is 5.69 Å². The normalized spacial score (nSPS) is 10.2. The molecule has 0 aliphatic rings. The largest absolute Gasteiger partial charge is 0.321 e. The summed E-state index contributed by atoms with van der Waals surface area (Å²) in [4.78, 5) is 19.9. The van der Waals surface area contributed by atoms with Gasteiger partial charge in [0.25, 0.3) is 5.91 Å². The van der Waals surface area contributed by atoms with E-state index >= 15 is 0 Å². The first-order valence-corrected chi connectivity index (χ1v) is 8.85. The monoisotopic (exact) mass is 336 g/mol. The summed E-state index contributed by atoms with van der Waals surface area (Å²) in [6.45, 7) is 2.21. The number of benzene rings is 1. The van der Waals surface area contributed by atoms with Crippen LogP contribution < -0.4 is 5.32 Å². The molecule has 0 saturated heterocycles. The molecule has 1 N–H and O–H groups in total. The Morgan fingerprint density at radius 1 is 1.16 bits per heavy atom. The second-order valence-electron chi connectivity index (χ2n) is 6.05. The van der Waals surface area contributed by atoms with Gasteiger partial charge >= 0.3 is 0 Å². The van der Waals surface area contributed by atoms with Crippen LogP contribution in [0.5, 0.6) is 0 Å². The van der Waals surface area contributed by atoms with E-state index in [1.165, 1.54) is 50.7 Å². The van der Waals surface area contributed by atoms with Gasteiger partial charge in [-0.2, -0.15) is 5.26 Å². The van der Waals surface area contributed by atoms with Gasteiger partial charge in [-0.3, -0.25) is 9.78 Å². The second kappa shape index (κ2) is 10.2. The highest BCUT2D eigenvalue weighted by atomic mass is 16.1. The number of anilines is 1. The van der Waals surface area contributed by atoms with Crippen LogP contribution in [-0.2, 0) is 6.42 Å². The van der Waals surface area contributed by atoms with Crippen LogP contribution in [0.3, 0.4) is 0 Å². The number of aryl methyl sites for hydroxylation is 1. The van der Waals surface area contributed by atoms with Gasteiger partial charge in [-0.05, 0) is 30.5 Å². The van der Waals surface area contributed by atoms with Crippen LogP contribution in [-0.4, -0.2) is 15.9 Å². The SMILES string of the molecule is CCCCCCCCc1ccc(NC(=O)c2cnccn2)cc1C#N. The van der Waals surface area contributed by atoms with Crippen molar-refractivity contribution in [2.75, 3.05) is 5.32 Å². The van der Waals surface area contributed by atoms with E-state index in [4.69, 9.17) is 0 Å². The fourth-order valence-corrected chi connectivity index (χ4v) is 2.68. The fourth-order valence-electron chi connectivity index (χ4n) is 2.68. The molecule has 130 valence electrons. The summed E-state index contributed by atoms with van der Waals surface area (Å²) in [7, 11) is 0. The number of hydrogen-bond acceptors (Lipinski definition) is 4. The maximum Gasteiger partial charge on any atom is 0.275 e. The number of unbranched alkanes of at least 4 members (excludes halogenated alkanes) is 5. The van der Waals surface area contributed by atoms with E-state index in [-0.39, 0.29) is 11.6 Å². The third kappa shape index (κ3) is 6.00. The van der Waals surface area contributed by atoms with Crippen LogP contribution >= 0.6 is 0 Å². The van der Waals surface area contributed by atoms with Crippen molar-refractivity contribution >= 4 is 11.6 Å². The Bertz CT molecular complexity index is 722. The highest BCUT2D eigenvalue weighted by Gasteiger charge is 2.09. The molecule has 0 aliphatic carbocycles. The molecule has 1 amide bonds. The van der Waals surface area contributed by atoms with Gasteiger partial charge in [0.15, 0.2) is 0 Å². The number of amides is 1. The van der Waals surface area contributed by atoms with E-state index in [1.54, 1.807) is 6.07 Å². The number of rotatable bonds is 9. The Morgan fingerprint density at radius 3 is 2.68 bits per heavy atom. The molecule has 1 aromatic heterocycles. The number of hydrogen-bond donors (Lipinski definition) is 1. The zero-order valence-electron chi connectivity index (χ0n) is 14.7. The first-order valence-electron chi connectivity index (χ1n) is 8.85. The summed E-state index contributed by atoms with van der Waals surface area (Å²) >= 11 is 0. The number of aromatic nitrogens is 2. The van der Waals surface area contributed by atoms with E-state index in [0.29, 0.717) is 11.3 Å². The Morgan fingerprint density at radius 2 is 1.96 bits per heavy atom. The Kier molecular flexibility index (Phi) is 7.58. The highest BCUT2D eigenvalue weighted by molar-refractivity contribution is 6.02. The third-order valence-corrected chi connectivity index (χ3v) is 4.08. The lowest BCUT2D eigenvalue weighted by molar-refractivity contribution is 0.102. The summed E-state index contributed by atoms with van der Waals surface area (Å²) in [6, 6.07) is 7.72. The van der Waals surface area contributed by atoms with Crippen LogP contribution in [0, 0.1) is 11.3 Å². The van der Waals surface area contributed by atoms with Crippen molar-refractivity contribution < 1.29 is 4.79 Å². The van der Waals surface area contributed by atoms with Gasteiger partial charge in [0.2, 0.25) is 0 Å². The zero-order valence-corrected chi connectivity index (χ0v) is 14.7. The van der Waals surface area contributed by atoms with E-state index in [2.05, 4.69) is 28.3 Å². The number of carbonyl (C=O) groups excluding carboxylic acids is 1. The number of carbonyl (C=O) groups is 1. The van der Waals surface area contributed by atoms with Crippen LogP contribution in [0.25, 0.3) is 0 Å². The molecule has 0 aliphatic heterocycles. The van der Waals surface area contributed by atoms with Crippen LogP contribution in [0.2, 0.25) is 0 Å². The maximum atomic E-state index is 12.1. The van der Waals surface area contributed by atoms with Crippen LogP contribution in [0.15, 0.2) is 36.8 Å². The van der Waals surface area contributed by atoms with Gasteiger partial charge < -0.3 is 5.32 Å². The number of nitrogens with one attached hydrogen (secondary N) is 1. The highest BCUT2D eigenvalue weighted by Crippen LogP contribution is 2.19. The zero-order chi connectivity index (χ0) is 17.9. The summed E-state index contributed by atoms with van der Waals surface area (Å²) in [5, 5.41) is 12.1. The molecule has 2 aromatic rings. The molecule has 0 bridgehead atoms. The lowest BCUT2D eigenvalue weighted by Gasteiger charge is -2.08. The molecule has 1 aromatic carbocycles. The fraction of sp³-hybridized carbons (Fsp3) is 0.400. The smallest absolute Gasteiger partial charge is 0.275 e. The predicted molar refractivity (Wildman–Crippen MR) is 98.2 cm³/mol. The van der Waals surface area contributed by atoms with Crippen molar-refractivity contribution in [3.8, 4) is 6.07 Å². The molecular formula is C20H24N4O. The topological polar surface area (TPSA) is 78.7 Å². The van der Waals surface area contributed by atoms with Crippen molar-refractivity contribution in [2.24, 2.45) is 0 Å². The second-order valence-corrected chi connectivity index (χ2v) is 6.05. The molecule has 5 heteroatoms. The predicted octanol–water partition coefficient (Wildman–Crippen LogP) is 4.50. The van der Waals surface area contributed by atoms with Gasteiger partial charge in [0, 0.05) is 18.1 Å². The van der Waals surface area contributed by atoms with Gasteiger partial charge in [0.1, 0.15) is 5.69 Å². The Hall–Kier alpha value is -2.74. The summed E-state index contributed by atoms with van der Waals surface area (Å²) in [6.07, 6.45) is 12.7. The standard InChI is InChI=1S/C20H24N4O/c1-2-3-4-5-6-7-8-16-9-10-18(13-17(16)14-21)24-20(25)19-15-22-11-12-23-19/h9-13,15H,2-8H2,1H3,(H,24,25). The molecule has 1 heterocycles. The molecule has 0 fully saturated rings. The van der Waals surface area contributed by atoms with Crippen molar-refractivity contribution in [2.45, 2.75) is 51.9 Å². The van der Waals surface area contributed by atoms with E-state index in [0.717, 1.165) is 18.4 Å². The van der Waals surface area contributed by atoms with Crippen molar-refractivity contribution in [3.05, 3.63) is 53.6 Å². The average molecular weight is 336 g/mol. The average Bonchev–Trinajstić information content (AvgIpc) is 2.66. The van der Waals surface area contributed by atoms with Crippen molar-refractivity contribution in [1.29, 1.82) is 5.26 Å². The molecule has 2 rings (SSSR count). The molecular weight excluding hydrogens is 312 g/mol. The van der Waals surface area contributed by atoms with E-state index < -0.39 is 0 Å². The maximum absolute atomic E-state index is 12.1. The summed E-state index contributed by atoms with van der Waals surface area (Å²) in [5.41, 5.74) is 2.50. The number of nitrogens with zero attached hydrogens (tertiary/aromatic N) is 3. The van der Waals surface area contributed by atoms with Gasteiger partial charge in [-0.15, -0.1) is 0 Å². The summed E-state index contributed by atoms with van der Waals surface area (Å²) in [5.74, 6) is -0.333. The van der Waals surface area contributed by atoms with Gasteiger partial charge in [-0.25, -0.2) is 4.98 Å². The molecule has 0 radical (unpaired) electrons. The van der Waals surface area contributed by atoms with Crippen molar-refractivity contribution in [3.63, 3.8) is 0 Å². The minimum absolute atomic E-state index is 0.247. The minimum Gasteiger partial charge on any atom is -0.321 e. The lowest BCUT2D eigenvalue weighted by Crippen LogP contribution is -2.14. The first kappa shape index (κ1) is 18.6. The molecule has 25 heavy (non-hydrogen) atoms. The minimum atomic E-state index is -0.333. The molecule has 0 atom stereocenters. The third-order valence-electron chi connectivity index (χ3n) is 4.08. The van der Waals surface area contributed by atoms with E-state index in [1.807, 2.05) is 12.1 Å². The lowest BCUT2D eigenvalue weighted by atomic mass is 10.0.